The van der Waals surface area contributed by atoms with E-state index in [-0.39, 0.29) is 0 Å². The SMILES string of the molecule is CCC(CC)CNC(=NC)NC1CCN(CC(C)C)CC1. The number of nitrogens with one attached hydrogen (secondary N) is 2. The van der Waals surface area contributed by atoms with E-state index in [9.17, 15) is 0 Å². The van der Waals surface area contributed by atoms with E-state index >= 15 is 0 Å². The molecule has 0 radical (unpaired) electrons. The second-order valence-electron chi connectivity index (χ2n) is 6.75. The molecule has 0 unspecified atom stereocenters. The fourth-order valence-corrected chi connectivity index (χ4v) is 2.98. The van der Waals surface area contributed by atoms with Crippen molar-refractivity contribution < 1.29 is 0 Å². The first-order valence-corrected chi connectivity index (χ1v) is 8.78. The van der Waals surface area contributed by atoms with E-state index in [0.717, 1.165) is 24.3 Å². The highest BCUT2D eigenvalue weighted by Crippen LogP contribution is 2.12. The summed E-state index contributed by atoms with van der Waals surface area (Å²) in [5.41, 5.74) is 0. The standard InChI is InChI=1S/C17H36N4/c1-6-15(7-2)12-19-17(18-5)20-16-8-10-21(11-9-16)13-14(3)4/h14-16H,6-13H2,1-5H3,(H2,18,19,20). The molecule has 1 aliphatic rings. The number of guanidine groups is 1. The Balaban J connectivity index is 2.29. The Kier molecular flexibility index (Phi) is 8.74. The molecule has 0 aliphatic carbocycles. The molecule has 0 amide bonds. The van der Waals surface area contributed by atoms with Crippen LogP contribution in [0.25, 0.3) is 0 Å². The molecule has 1 heterocycles. The summed E-state index contributed by atoms with van der Waals surface area (Å²) >= 11 is 0. The topological polar surface area (TPSA) is 39.7 Å². The Hall–Kier alpha value is -0.770. The third-order valence-electron chi connectivity index (χ3n) is 4.49. The van der Waals surface area contributed by atoms with Gasteiger partial charge in [-0.1, -0.05) is 40.5 Å². The third-order valence-corrected chi connectivity index (χ3v) is 4.49. The van der Waals surface area contributed by atoms with E-state index < -0.39 is 0 Å². The lowest BCUT2D eigenvalue weighted by Crippen LogP contribution is -2.49. The second kappa shape index (κ2) is 10.0. The van der Waals surface area contributed by atoms with Gasteiger partial charge in [0.1, 0.15) is 0 Å². The van der Waals surface area contributed by atoms with Gasteiger partial charge in [0.2, 0.25) is 0 Å². The fraction of sp³-hybridized carbons (Fsp3) is 0.941. The zero-order valence-corrected chi connectivity index (χ0v) is 14.8. The maximum absolute atomic E-state index is 4.37. The Morgan fingerprint density at radius 1 is 1.19 bits per heavy atom. The van der Waals surface area contributed by atoms with Gasteiger partial charge in [-0.25, -0.2) is 0 Å². The Morgan fingerprint density at radius 3 is 2.29 bits per heavy atom. The lowest BCUT2D eigenvalue weighted by molar-refractivity contribution is 0.187. The molecule has 124 valence electrons. The largest absolute Gasteiger partial charge is 0.356 e. The molecule has 0 spiro atoms. The highest BCUT2D eigenvalue weighted by molar-refractivity contribution is 5.79. The molecule has 0 atom stereocenters. The molecule has 0 bridgehead atoms. The smallest absolute Gasteiger partial charge is 0.191 e. The average molecular weight is 297 g/mol. The van der Waals surface area contributed by atoms with Gasteiger partial charge in [-0.05, 0) is 24.7 Å². The lowest BCUT2D eigenvalue weighted by Gasteiger charge is -2.34. The minimum absolute atomic E-state index is 0.571. The summed E-state index contributed by atoms with van der Waals surface area (Å²) in [6.07, 6.45) is 4.90. The maximum Gasteiger partial charge on any atom is 0.191 e. The first kappa shape index (κ1) is 18.3. The molecule has 2 N–H and O–H groups in total. The maximum atomic E-state index is 4.37. The van der Waals surface area contributed by atoms with Crippen molar-refractivity contribution in [1.82, 2.24) is 15.5 Å². The molecular weight excluding hydrogens is 260 g/mol. The molecule has 4 heteroatoms. The summed E-state index contributed by atoms with van der Waals surface area (Å²) < 4.78 is 0. The molecule has 0 aromatic carbocycles. The molecule has 21 heavy (non-hydrogen) atoms. The highest BCUT2D eigenvalue weighted by atomic mass is 15.2. The van der Waals surface area contributed by atoms with Crippen LogP contribution in [0.3, 0.4) is 0 Å². The molecule has 0 aromatic heterocycles. The summed E-state index contributed by atoms with van der Waals surface area (Å²) in [5, 5.41) is 7.08. The second-order valence-corrected chi connectivity index (χ2v) is 6.75. The number of aliphatic imine (C=N–C) groups is 1. The van der Waals surface area contributed by atoms with Gasteiger partial charge in [0.15, 0.2) is 5.96 Å². The Morgan fingerprint density at radius 2 is 1.81 bits per heavy atom. The van der Waals surface area contributed by atoms with Crippen LogP contribution in [0, 0.1) is 11.8 Å². The van der Waals surface area contributed by atoms with Crippen LogP contribution in [0.5, 0.6) is 0 Å². The van der Waals surface area contributed by atoms with Crippen molar-refractivity contribution in [3.63, 3.8) is 0 Å². The van der Waals surface area contributed by atoms with Crippen LogP contribution in [0.15, 0.2) is 4.99 Å². The molecule has 1 aliphatic heterocycles. The van der Waals surface area contributed by atoms with Crippen molar-refractivity contribution in [1.29, 1.82) is 0 Å². The highest BCUT2D eigenvalue weighted by Gasteiger charge is 2.20. The van der Waals surface area contributed by atoms with Gasteiger partial charge < -0.3 is 15.5 Å². The van der Waals surface area contributed by atoms with Crippen molar-refractivity contribution in [2.45, 2.75) is 59.4 Å². The minimum Gasteiger partial charge on any atom is -0.356 e. The summed E-state index contributed by atoms with van der Waals surface area (Å²) in [6.45, 7) is 13.8. The van der Waals surface area contributed by atoms with Crippen LogP contribution < -0.4 is 10.6 Å². The van der Waals surface area contributed by atoms with Gasteiger partial charge in [0.05, 0.1) is 0 Å². The van der Waals surface area contributed by atoms with E-state index in [1.807, 2.05) is 7.05 Å². The van der Waals surface area contributed by atoms with E-state index in [2.05, 4.69) is 48.2 Å². The van der Waals surface area contributed by atoms with E-state index in [0.29, 0.717) is 6.04 Å². The summed E-state index contributed by atoms with van der Waals surface area (Å²) in [6, 6.07) is 0.571. The fourth-order valence-electron chi connectivity index (χ4n) is 2.98. The number of rotatable bonds is 7. The van der Waals surface area contributed by atoms with Crippen molar-refractivity contribution in [2.75, 3.05) is 33.2 Å². The van der Waals surface area contributed by atoms with Gasteiger partial charge in [0.25, 0.3) is 0 Å². The van der Waals surface area contributed by atoms with E-state index in [1.54, 1.807) is 0 Å². The van der Waals surface area contributed by atoms with Gasteiger partial charge >= 0.3 is 0 Å². The van der Waals surface area contributed by atoms with Crippen molar-refractivity contribution in [3.05, 3.63) is 0 Å². The van der Waals surface area contributed by atoms with Gasteiger partial charge in [0, 0.05) is 39.3 Å². The van der Waals surface area contributed by atoms with Crippen LogP contribution in [0.2, 0.25) is 0 Å². The predicted octanol–water partition coefficient (Wildman–Crippen LogP) is 2.71. The van der Waals surface area contributed by atoms with E-state index in [1.165, 1.54) is 45.3 Å². The summed E-state index contributed by atoms with van der Waals surface area (Å²) in [4.78, 5) is 6.96. The van der Waals surface area contributed by atoms with Gasteiger partial charge in [-0.2, -0.15) is 0 Å². The van der Waals surface area contributed by atoms with E-state index in [4.69, 9.17) is 0 Å². The number of likely N-dealkylation sites (tertiary alicyclic amines) is 1. The molecule has 4 nitrogen and oxygen atoms in total. The lowest BCUT2D eigenvalue weighted by atomic mass is 10.0. The molecule has 1 fully saturated rings. The molecule has 1 saturated heterocycles. The normalized spacial score (nSPS) is 18.5. The van der Waals surface area contributed by atoms with Crippen LogP contribution in [-0.4, -0.2) is 50.1 Å². The quantitative estimate of drug-likeness (QED) is 0.560. The van der Waals surface area contributed by atoms with Gasteiger partial charge in [-0.3, -0.25) is 4.99 Å². The number of hydrogen-bond acceptors (Lipinski definition) is 2. The van der Waals surface area contributed by atoms with Crippen molar-refractivity contribution >= 4 is 5.96 Å². The van der Waals surface area contributed by atoms with Crippen LogP contribution in [0.1, 0.15) is 53.4 Å². The third kappa shape index (κ3) is 7.16. The molecule has 0 aromatic rings. The van der Waals surface area contributed by atoms with Crippen LogP contribution >= 0.6 is 0 Å². The summed E-state index contributed by atoms with van der Waals surface area (Å²) in [7, 11) is 1.87. The average Bonchev–Trinajstić information content (AvgIpc) is 2.48. The Bertz CT molecular complexity index is 289. The zero-order valence-electron chi connectivity index (χ0n) is 14.8. The molecule has 1 rings (SSSR count). The zero-order chi connectivity index (χ0) is 15.7. The first-order valence-electron chi connectivity index (χ1n) is 8.78. The molecule has 0 saturated carbocycles. The monoisotopic (exact) mass is 296 g/mol. The minimum atomic E-state index is 0.571. The van der Waals surface area contributed by atoms with Gasteiger partial charge in [-0.15, -0.1) is 0 Å². The summed E-state index contributed by atoms with van der Waals surface area (Å²) in [5.74, 6) is 2.49. The molecular formula is C17H36N4. The number of nitrogens with zero attached hydrogens (tertiary/aromatic N) is 2. The number of hydrogen-bond donors (Lipinski definition) is 2. The first-order chi connectivity index (χ1) is 10.1. The van der Waals surface area contributed by atoms with Crippen LogP contribution in [-0.2, 0) is 0 Å². The predicted molar refractivity (Wildman–Crippen MR) is 92.9 cm³/mol. The van der Waals surface area contributed by atoms with Crippen molar-refractivity contribution in [3.8, 4) is 0 Å². The Labute approximate surface area is 131 Å². The van der Waals surface area contributed by atoms with Crippen LogP contribution in [0.4, 0.5) is 0 Å². The number of piperidine rings is 1. The van der Waals surface area contributed by atoms with Crippen molar-refractivity contribution in [2.24, 2.45) is 16.8 Å².